The zero-order valence-electron chi connectivity index (χ0n) is 15.3. The lowest BCUT2D eigenvalue weighted by atomic mass is 9.95. The van der Waals surface area contributed by atoms with Gasteiger partial charge >= 0.3 is 0 Å². The highest BCUT2D eigenvalue weighted by atomic mass is 35.5. The van der Waals surface area contributed by atoms with E-state index in [2.05, 4.69) is 19.2 Å². The fourth-order valence-corrected chi connectivity index (χ4v) is 2.30. The number of hydrogen-bond donors (Lipinski definition) is 2. The Balaban J connectivity index is 0.00000529. The van der Waals surface area contributed by atoms with Gasteiger partial charge < -0.3 is 20.5 Å². The van der Waals surface area contributed by atoms with E-state index in [1.54, 1.807) is 0 Å². The SMILES string of the molecule is CCOc1ccc(C(NC(=O)C(C)CN)C(C)C)cc1OCC.Cl. The number of hydrogen-bond acceptors (Lipinski definition) is 4. The quantitative estimate of drug-likeness (QED) is 0.710. The van der Waals surface area contributed by atoms with Gasteiger partial charge in [-0.3, -0.25) is 4.79 Å². The molecule has 0 spiro atoms. The number of halogens is 1. The molecule has 0 aliphatic heterocycles. The van der Waals surface area contributed by atoms with Gasteiger partial charge in [-0.15, -0.1) is 12.4 Å². The summed E-state index contributed by atoms with van der Waals surface area (Å²) in [5.41, 5.74) is 6.59. The van der Waals surface area contributed by atoms with E-state index in [-0.39, 0.29) is 36.2 Å². The van der Waals surface area contributed by atoms with Crippen molar-refractivity contribution in [3.05, 3.63) is 23.8 Å². The van der Waals surface area contributed by atoms with E-state index in [0.29, 0.717) is 25.5 Å². The zero-order valence-corrected chi connectivity index (χ0v) is 16.1. The van der Waals surface area contributed by atoms with Crippen molar-refractivity contribution >= 4 is 18.3 Å². The standard InChI is InChI=1S/C18H30N2O3.ClH/c1-6-22-15-9-8-14(10-16(15)23-7-2)17(12(3)4)20-18(21)13(5)11-19;/h8-10,12-13,17H,6-7,11,19H2,1-5H3,(H,20,21);1H. The monoisotopic (exact) mass is 358 g/mol. The first kappa shape index (κ1) is 22.5. The van der Waals surface area contributed by atoms with E-state index >= 15 is 0 Å². The molecule has 138 valence electrons. The summed E-state index contributed by atoms with van der Waals surface area (Å²) in [4.78, 5) is 12.2. The normalized spacial score (nSPS) is 13.0. The van der Waals surface area contributed by atoms with Gasteiger partial charge in [0.15, 0.2) is 11.5 Å². The molecular formula is C18H31ClN2O3. The Morgan fingerprint density at radius 3 is 2.21 bits per heavy atom. The van der Waals surface area contributed by atoms with Gasteiger partial charge in [-0.05, 0) is 37.5 Å². The molecule has 2 unspecified atom stereocenters. The number of amides is 1. The van der Waals surface area contributed by atoms with Crippen LogP contribution in [0.15, 0.2) is 18.2 Å². The second kappa shape index (κ2) is 11.2. The summed E-state index contributed by atoms with van der Waals surface area (Å²) < 4.78 is 11.3. The number of ether oxygens (including phenoxy) is 2. The molecule has 0 heterocycles. The molecule has 0 fully saturated rings. The molecule has 5 nitrogen and oxygen atoms in total. The molecule has 1 rings (SSSR count). The highest BCUT2D eigenvalue weighted by Crippen LogP contribution is 2.33. The van der Waals surface area contributed by atoms with Gasteiger partial charge in [0.1, 0.15) is 0 Å². The Kier molecular flexibility index (Phi) is 10.5. The Morgan fingerprint density at radius 1 is 1.12 bits per heavy atom. The lowest BCUT2D eigenvalue weighted by Gasteiger charge is -2.25. The van der Waals surface area contributed by atoms with Crippen molar-refractivity contribution in [3.8, 4) is 11.5 Å². The van der Waals surface area contributed by atoms with Crippen LogP contribution in [0.4, 0.5) is 0 Å². The molecule has 0 aliphatic carbocycles. The van der Waals surface area contributed by atoms with Crippen LogP contribution in [0.25, 0.3) is 0 Å². The first-order valence-electron chi connectivity index (χ1n) is 8.34. The summed E-state index contributed by atoms with van der Waals surface area (Å²) in [5.74, 6) is 1.44. The topological polar surface area (TPSA) is 73.6 Å². The summed E-state index contributed by atoms with van der Waals surface area (Å²) in [6, 6.07) is 5.74. The zero-order chi connectivity index (χ0) is 17.4. The minimum atomic E-state index is -0.203. The predicted molar refractivity (Wildman–Crippen MR) is 100.0 cm³/mol. The third-order valence-electron chi connectivity index (χ3n) is 3.69. The van der Waals surface area contributed by atoms with Crippen LogP contribution >= 0.6 is 12.4 Å². The van der Waals surface area contributed by atoms with Crippen LogP contribution in [-0.2, 0) is 4.79 Å². The molecule has 0 saturated heterocycles. The molecule has 0 aromatic heterocycles. The number of nitrogens with two attached hydrogens (primary N) is 1. The van der Waals surface area contributed by atoms with Gasteiger partial charge in [0.25, 0.3) is 0 Å². The molecular weight excluding hydrogens is 328 g/mol. The number of nitrogens with one attached hydrogen (secondary N) is 1. The molecule has 0 saturated carbocycles. The smallest absolute Gasteiger partial charge is 0.224 e. The van der Waals surface area contributed by atoms with Crippen LogP contribution in [-0.4, -0.2) is 25.7 Å². The summed E-state index contributed by atoms with van der Waals surface area (Å²) in [6.45, 7) is 11.3. The van der Waals surface area contributed by atoms with E-state index in [1.807, 2.05) is 39.0 Å². The minimum absolute atomic E-state index is 0. The van der Waals surface area contributed by atoms with Gasteiger partial charge in [0.2, 0.25) is 5.91 Å². The number of carbonyl (C=O) groups is 1. The highest BCUT2D eigenvalue weighted by Gasteiger charge is 2.22. The molecule has 24 heavy (non-hydrogen) atoms. The molecule has 1 aromatic carbocycles. The molecule has 1 amide bonds. The molecule has 6 heteroatoms. The lowest BCUT2D eigenvalue weighted by molar-refractivity contribution is -0.125. The van der Waals surface area contributed by atoms with Gasteiger partial charge in [0.05, 0.1) is 19.3 Å². The molecule has 2 atom stereocenters. The number of rotatable bonds is 9. The Bertz CT molecular complexity index is 509. The maximum Gasteiger partial charge on any atom is 0.224 e. The molecule has 1 aromatic rings. The second-order valence-electron chi connectivity index (χ2n) is 5.94. The average Bonchev–Trinajstić information content (AvgIpc) is 2.53. The first-order valence-corrected chi connectivity index (χ1v) is 8.34. The average molecular weight is 359 g/mol. The predicted octanol–water partition coefficient (Wildman–Crippen LogP) is 3.31. The maximum absolute atomic E-state index is 12.2. The van der Waals surface area contributed by atoms with Crippen molar-refractivity contribution in [2.75, 3.05) is 19.8 Å². The Labute approximate surface area is 151 Å². The van der Waals surface area contributed by atoms with Crippen molar-refractivity contribution in [2.24, 2.45) is 17.6 Å². The fraction of sp³-hybridized carbons (Fsp3) is 0.611. The molecule has 0 radical (unpaired) electrons. The van der Waals surface area contributed by atoms with E-state index in [9.17, 15) is 4.79 Å². The van der Waals surface area contributed by atoms with Crippen LogP contribution in [0, 0.1) is 11.8 Å². The van der Waals surface area contributed by atoms with Crippen molar-refractivity contribution in [1.82, 2.24) is 5.32 Å². The summed E-state index contributed by atoms with van der Waals surface area (Å²) in [6.07, 6.45) is 0. The van der Waals surface area contributed by atoms with Crippen LogP contribution in [0.2, 0.25) is 0 Å². The van der Waals surface area contributed by atoms with Gasteiger partial charge in [0, 0.05) is 12.5 Å². The molecule has 3 N–H and O–H groups in total. The lowest BCUT2D eigenvalue weighted by Crippen LogP contribution is -2.37. The Hall–Kier alpha value is -1.46. The fourth-order valence-electron chi connectivity index (χ4n) is 2.30. The molecule has 0 aliphatic rings. The van der Waals surface area contributed by atoms with Gasteiger partial charge in [-0.2, -0.15) is 0 Å². The van der Waals surface area contributed by atoms with Crippen molar-refractivity contribution in [3.63, 3.8) is 0 Å². The maximum atomic E-state index is 12.2. The number of benzene rings is 1. The summed E-state index contributed by atoms with van der Waals surface area (Å²) >= 11 is 0. The van der Waals surface area contributed by atoms with Crippen molar-refractivity contribution in [2.45, 2.75) is 40.7 Å². The van der Waals surface area contributed by atoms with Crippen LogP contribution in [0.5, 0.6) is 11.5 Å². The summed E-state index contributed by atoms with van der Waals surface area (Å²) in [7, 11) is 0. The van der Waals surface area contributed by atoms with Crippen molar-refractivity contribution < 1.29 is 14.3 Å². The second-order valence-corrected chi connectivity index (χ2v) is 5.94. The van der Waals surface area contributed by atoms with Crippen molar-refractivity contribution in [1.29, 1.82) is 0 Å². The summed E-state index contributed by atoms with van der Waals surface area (Å²) in [5, 5.41) is 3.09. The molecule has 0 bridgehead atoms. The minimum Gasteiger partial charge on any atom is -0.490 e. The number of carbonyl (C=O) groups excluding carboxylic acids is 1. The third-order valence-corrected chi connectivity index (χ3v) is 3.69. The van der Waals surface area contributed by atoms with Crippen LogP contribution < -0.4 is 20.5 Å². The first-order chi connectivity index (χ1) is 10.9. The van der Waals surface area contributed by atoms with Crippen LogP contribution in [0.1, 0.15) is 46.2 Å². The third kappa shape index (κ3) is 6.21. The Morgan fingerprint density at radius 2 is 1.71 bits per heavy atom. The van der Waals surface area contributed by atoms with Gasteiger partial charge in [-0.25, -0.2) is 0 Å². The van der Waals surface area contributed by atoms with Gasteiger partial charge in [-0.1, -0.05) is 26.8 Å². The van der Waals surface area contributed by atoms with Crippen LogP contribution in [0.3, 0.4) is 0 Å². The van der Waals surface area contributed by atoms with E-state index in [1.165, 1.54) is 0 Å². The van der Waals surface area contributed by atoms with E-state index in [4.69, 9.17) is 15.2 Å². The van der Waals surface area contributed by atoms with E-state index in [0.717, 1.165) is 11.3 Å². The highest BCUT2D eigenvalue weighted by molar-refractivity contribution is 5.85. The largest absolute Gasteiger partial charge is 0.490 e. The van der Waals surface area contributed by atoms with E-state index < -0.39 is 0 Å².